The van der Waals surface area contributed by atoms with E-state index in [9.17, 15) is 8.42 Å². The third-order valence-corrected chi connectivity index (χ3v) is 5.06. The fraction of sp³-hybridized carbons (Fsp3) is 0.727. The van der Waals surface area contributed by atoms with Gasteiger partial charge in [-0.25, -0.2) is 8.42 Å². The van der Waals surface area contributed by atoms with Gasteiger partial charge in [0, 0.05) is 25.7 Å². The van der Waals surface area contributed by atoms with Crippen LogP contribution in [0.3, 0.4) is 0 Å². The highest BCUT2D eigenvalue weighted by molar-refractivity contribution is 7.89. The van der Waals surface area contributed by atoms with Crippen molar-refractivity contribution in [1.82, 2.24) is 14.1 Å². The maximum absolute atomic E-state index is 12.5. The Labute approximate surface area is 108 Å². The molecule has 102 valence electrons. The van der Waals surface area contributed by atoms with Crippen molar-refractivity contribution < 1.29 is 8.42 Å². The summed E-state index contributed by atoms with van der Waals surface area (Å²) in [7, 11) is -3.46. The summed E-state index contributed by atoms with van der Waals surface area (Å²) in [5.74, 6) is 0. The average Bonchev–Trinajstić information content (AvgIpc) is 2.71. The van der Waals surface area contributed by atoms with Crippen molar-refractivity contribution in [3.63, 3.8) is 0 Å². The molecule has 0 saturated carbocycles. The van der Waals surface area contributed by atoms with Crippen LogP contribution < -0.4 is 5.73 Å². The number of aromatic nitrogens is 2. The highest BCUT2D eigenvalue weighted by Crippen LogP contribution is 2.20. The molecule has 0 spiro atoms. The number of sulfonamides is 1. The van der Waals surface area contributed by atoms with Crippen molar-refractivity contribution >= 4 is 10.0 Å². The van der Waals surface area contributed by atoms with Crippen LogP contribution in [0.2, 0.25) is 0 Å². The molecule has 1 aromatic heterocycles. The van der Waals surface area contributed by atoms with Gasteiger partial charge in [-0.3, -0.25) is 4.68 Å². The van der Waals surface area contributed by atoms with Gasteiger partial charge >= 0.3 is 0 Å². The molecule has 1 fully saturated rings. The van der Waals surface area contributed by atoms with E-state index >= 15 is 0 Å². The second kappa shape index (κ2) is 4.99. The van der Waals surface area contributed by atoms with Gasteiger partial charge in [-0.05, 0) is 32.8 Å². The molecule has 0 aromatic carbocycles. The van der Waals surface area contributed by atoms with Gasteiger partial charge in [-0.2, -0.15) is 9.40 Å². The number of nitrogens with zero attached hydrogens (tertiary/aromatic N) is 3. The molecule has 1 aliphatic rings. The Bertz CT molecular complexity index is 523. The zero-order valence-electron chi connectivity index (χ0n) is 10.8. The third kappa shape index (κ3) is 2.43. The van der Waals surface area contributed by atoms with E-state index in [2.05, 4.69) is 5.10 Å². The lowest BCUT2D eigenvalue weighted by Gasteiger charge is -2.29. The monoisotopic (exact) mass is 272 g/mol. The summed E-state index contributed by atoms with van der Waals surface area (Å²) in [6, 6.07) is 1.56. The maximum atomic E-state index is 12.5. The summed E-state index contributed by atoms with van der Waals surface area (Å²) < 4.78 is 28.1. The fourth-order valence-electron chi connectivity index (χ4n) is 2.28. The van der Waals surface area contributed by atoms with Gasteiger partial charge < -0.3 is 5.73 Å². The molecule has 18 heavy (non-hydrogen) atoms. The Hall–Kier alpha value is -0.920. The molecule has 6 nitrogen and oxygen atoms in total. The van der Waals surface area contributed by atoms with Gasteiger partial charge in [0.05, 0.1) is 5.69 Å². The van der Waals surface area contributed by atoms with E-state index in [-0.39, 0.29) is 11.1 Å². The Morgan fingerprint density at radius 3 is 2.89 bits per heavy atom. The zero-order chi connectivity index (χ0) is 13.3. The molecule has 1 atom stereocenters. The zero-order valence-corrected chi connectivity index (χ0v) is 11.7. The number of rotatable bonds is 3. The quantitative estimate of drug-likeness (QED) is 0.859. The summed E-state index contributed by atoms with van der Waals surface area (Å²) >= 11 is 0. The van der Waals surface area contributed by atoms with Gasteiger partial charge in [-0.1, -0.05) is 0 Å². The van der Waals surface area contributed by atoms with Gasteiger partial charge in [0.15, 0.2) is 5.03 Å². The fourth-order valence-corrected chi connectivity index (χ4v) is 4.06. The van der Waals surface area contributed by atoms with Crippen LogP contribution in [0.25, 0.3) is 0 Å². The van der Waals surface area contributed by atoms with Crippen LogP contribution in [0.15, 0.2) is 11.1 Å². The molecule has 1 aliphatic heterocycles. The van der Waals surface area contributed by atoms with E-state index in [1.165, 1.54) is 8.99 Å². The Kier molecular flexibility index (Phi) is 3.74. The average molecular weight is 272 g/mol. The number of piperidine rings is 1. The minimum Gasteiger partial charge on any atom is -0.327 e. The molecule has 0 bridgehead atoms. The Balaban J connectivity index is 2.35. The van der Waals surface area contributed by atoms with Gasteiger partial charge in [0.2, 0.25) is 0 Å². The molecule has 0 aliphatic carbocycles. The second-order valence-corrected chi connectivity index (χ2v) is 6.59. The van der Waals surface area contributed by atoms with Crippen molar-refractivity contribution in [2.24, 2.45) is 5.73 Å². The first-order valence-corrected chi connectivity index (χ1v) is 7.69. The number of aryl methyl sites for hydroxylation is 2. The molecule has 7 heteroatoms. The van der Waals surface area contributed by atoms with Crippen molar-refractivity contribution in [1.29, 1.82) is 0 Å². The number of hydrogen-bond acceptors (Lipinski definition) is 4. The topological polar surface area (TPSA) is 81.2 Å². The second-order valence-electron chi connectivity index (χ2n) is 4.71. The highest BCUT2D eigenvalue weighted by Gasteiger charge is 2.31. The Morgan fingerprint density at radius 2 is 2.28 bits per heavy atom. The smallest absolute Gasteiger partial charge is 0.260 e. The largest absolute Gasteiger partial charge is 0.327 e. The summed E-state index contributed by atoms with van der Waals surface area (Å²) in [5, 5.41) is 4.46. The first kappa shape index (κ1) is 13.5. The van der Waals surface area contributed by atoms with E-state index in [1.807, 2.05) is 6.92 Å². The molecular formula is C11H20N4O2S. The molecule has 1 aromatic rings. The van der Waals surface area contributed by atoms with Crippen LogP contribution in [-0.4, -0.2) is 41.6 Å². The van der Waals surface area contributed by atoms with Gasteiger partial charge in [0.25, 0.3) is 10.0 Å². The van der Waals surface area contributed by atoms with Crippen molar-refractivity contribution in [3.8, 4) is 0 Å². The molecule has 1 saturated heterocycles. The van der Waals surface area contributed by atoms with E-state index in [1.54, 1.807) is 13.0 Å². The minimum absolute atomic E-state index is 0.0624. The van der Waals surface area contributed by atoms with Crippen LogP contribution in [0.1, 0.15) is 25.5 Å². The molecule has 2 N–H and O–H groups in total. The third-order valence-electron chi connectivity index (χ3n) is 3.19. The number of nitrogens with two attached hydrogens (primary N) is 1. The van der Waals surface area contributed by atoms with E-state index < -0.39 is 10.0 Å². The van der Waals surface area contributed by atoms with Crippen molar-refractivity contribution in [2.75, 3.05) is 13.1 Å². The van der Waals surface area contributed by atoms with E-state index in [0.29, 0.717) is 19.6 Å². The lowest BCUT2D eigenvalue weighted by Crippen LogP contribution is -2.46. The standard InChI is InChI=1S/C11H20N4O2S/c1-3-15-11(7-9(2)13-15)18(16,17)14-6-4-5-10(12)8-14/h7,10H,3-6,8,12H2,1-2H3/t10-/m1/s1. The summed E-state index contributed by atoms with van der Waals surface area (Å²) in [4.78, 5) is 0. The van der Waals surface area contributed by atoms with E-state index in [4.69, 9.17) is 5.73 Å². The SMILES string of the molecule is CCn1nc(C)cc1S(=O)(=O)N1CCC[C@@H](N)C1. The summed E-state index contributed by atoms with van der Waals surface area (Å²) in [5.41, 5.74) is 6.57. The van der Waals surface area contributed by atoms with Crippen LogP contribution in [0, 0.1) is 6.92 Å². The van der Waals surface area contributed by atoms with Gasteiger partial charge in [0.1, 0.15) is 0 Å². The van der Waals surface area contributed by atoms with E-state index in [0.717, 1.165) is 18.5 Å². The van der Waals surface area contributed by atoms with Crippen molar-refractivity contribution in [2.45, 2.75) is 44.3 Å². The Morgan fingerprint density at radius 1 is 1.56 bits per heavy atom. The number of hydrogen-bond donors (Lipinski definition) is 1. The molecule has 2 rings (SSSR count). The minimum atomic E-state index is -3.46. The van der Waals surface area contributed by atoms with Crippen LogP contribution in [0.4, 0.5) is 0 Å². The predicted octanol–water partition coefficient (Wildman–Crippen LogP) is 0.323. The summed E-state index contributed by atoms with van der Waals surface area (Å²) in [6.07, 6.45) is 1.71. The van der Waals surface area contributed by atoms with Crippen molar-refractivity contribution in [3.05, 3.63) is 11.8 Å². The summed E-state index contributed by atoms with van der Waals surface area (Å²) in [6.45, 7) is 5.17. The lowest BCUT2D eigenvalue weighted by atomic mass is 10.1. The molecule has 0 radical (unpaired) electrons. The molecule has 0 amide bonds. The van der Waals surface area contributed by atoms with Crippen LogP contribution in [0.5, 0.6) is 0 Å². The first-order valence-electron chi connectivity index (χ1n) is 6.25. The van der Waals surface area contributed by atoms with Crippen LogP contribution >= 0.6 is 0 Å². The molecule has 2 heterocycles. The predicted molar refractivity (Wildman–Crippen MR) is 68.6 cm³/mol. The van der Waals surface area contributed by atoms with Gasteiger partial charge in [-0.15, -0.1) is 0 Å². The lowest BCUT2D eigenvalue weighted by molar-refractivity contribution is 0.313. The normalized spacial score (nSPS) is 22.3. The molecule has 0 unspecified atom stereocenters. The molecular weight excluding hydrogens is 252 g/mol. The first-order chi connectivity index (χ1) is 8.45. The highest BCUT2D eigenvalue weighted by atomic mass is 32.2. The van der Waals surface area contributed by atoms with Crippen LogP contribution in [-0.2, 0) is 16.6 Å². The maximum Gasteiger partial charge on any atom is 0.260 e.